The van der Waals surface area contributed by atoms with Gasteiger partial charge in [-0.2, -0.15) is 4.98 Å². The minimum atomic E-state index is -0.305. The van der Waals surface area contributed by atoms with Crippen molar-refractivity contribution in [3.05, 3.63) is 71.3 Å². The molecule has 0 saturated carbocycles. The van der Waals surface area contributed by atoms with Gasteiger partial charge in [0.05, 0.1) is 6.42 Å². The minimum absolute atomic E-state index is 0.0243. The molecule has 0 aliphatic carbocycles. The Morgan fingerprint density at radius 2 is 2.00 bits per heavy atom. The lowest BCUT2D eigenvalue weighted by atomic mass is 10.1. The van der Waals surface area contributed by atoms with Crippen molar-refractivity contribution in [2.75, 3.05) is 0 Å². The second-order valence-electron chi connectivity index (χ2n) is 5.47. The summed E-state index contributed by atoms with van der Waals surface area (Å²) >= 11 is 0. The first kappa shape index (κ1) is 15.9. The standard InChI is InChI=1S/C18H16FN3O2/c1-12-3-2-4-14(9-12)18-21-16(22-24-18)10-17(23)20-11-13-5-7-15(19)8-6-13/h2-9H,10-11H2,1H3,(H,20,23). The van der Waals surface area contributed by atoms with Crippen molar-refractivity contribution >= 4 is 5.91 Å². The number of halogens is 1. The van der Waals surface area contributed by atoms with E-state index in [9.17, 15) is 9.18 Å². The Labute approximate surface area is 138 Å². The van der Waals surface area contributed by atoms with Gasteiger partial charge in [-0.25, -0.2) is 4.39 Å². The van der Waals surface area contributed by atoms with Gasteiger partial charge in [-0.3, -0.25) is 4.79 Å². The zero-order valence-electron chi connectivity index (χ0n) is 13.1. The highest BCUT2D eigenvalue weighted by molar-refractivity contribution is 5.77. The monoisotopic (exact) mass is 325 g/mol. The summed E-state index contributed by atoms with van der Waals surface area (Å²) in [6.07, 6.45) is 0.0243. The number of hydrogen-bond donors (Lipinski definition) is 1. The largest absolute Gasteiger partial charge is 0.352 e. The number of hydrogen-bond acceptors (Lipinski definition) is 4. The molecule has 1 amide bonds. The zero-order valence-corrected chi connectivity index (χ0v) is 13.1. The van der Waals surface area contributed by atoms with Crippen molar-refractivity contribution in [2.45, 2.75) is 19.9 Å². The SMILES string of the molecule is Cc1cccc(-c2nc(CC(=O)NCc3ccc(F)cc3)no2)c1. The fraction of sp³-hybridized carbons (Fsp3) is 0.167. The summed E-state index contributed by atoms with van der Waals surface area (Å²) < 4.78 is 18.0. The van der Waals surface area contributed by atoms with E-state index in [1.807, 2.05) is 31.2 Å². The van der Waals surface area contributed by atoms with Gasteiger partial charge in [-0.1, -0.05) is 35.0 Å². The number of nitrogens with zero attached hydrogens (tertiary/aromatic N) is 2. The van der Waals surface area contributed by atoms with Crippen LogP contribution in [0.5, 0.6) is 0 Å². The predicted molar refractivity (Wildman–Crippen MR) is 86.4 cm³/mol. The molecule has 3 rings (SSSR count). The Morgan fingerprint density at radius 1 is 1.21 bits per heavy atom. The molecule has 6 heteroatoms. The summed E-state index contributed by atoms with van der Waals surface area (Å²) in [5.74, 6) is 0.180. The summed E-state index contributed by atoms with van der Waals surface area (Å²) in [6, 6.07) is 13.7. The molecule has 0 atom stereocenters. The minimum Gasteiger partial charge on any atom is -0.352 e. The highest BCUT2D eigenvalue weighted by Crippen LogP contribution is 2.18. The Hall–Kier alpha value is -3.02. The van der Waals surface area contributed by atoms with Gasteiger partial charge in [0.1, 0.15) is 5.82 Å². The molecule has 2 aromatic carbocycles. The van der Waals surface area contributed by atoms with E-state index in [4.69, 9.17) is 4.52 Å². The number of nitrogens with one attached hydrogen (secondary N) is 1. The molecule has 0 spiro atoms. The van der Waals surface area contributed by atoms with Crippen molar-refractivity contribution in [2.24, 2.45) is 0 Å². The molecule has 0 aliphatic rings. The van der Waals surface area contributed by atoms with Crippen molar-refractivity contribution in [3.8, 4) is 11.5 Å². The normalized spacial score (nSPS) is 10.6. The molecule has 122 valence electrons. The lowest BCUT2D eigenvalue weighted by Gasteiger charge is -2.03. The van der Waals surface area contributed by atoms with E-state index in [0.29, 0.717) is 18.3 Å². The molecule has 1 N–H and O–H groups in total. The van der Waals surface area contributed by atoms with E-state index >= 15 is 0 Å². The second-order valence-corrected chi connectivity index (χ2v) is 5.47. The Balaban J connectivity index is 1.58. The van der Waals surface area contributed by atoms with E-state index in [1.54, 1.807) is 12.1 Å². The van der Waals surface area contributed by atoms with Gasteiger partial charge in [0.25, 0.3) is 5.89 Å². The van der Waals surface area contributed by atoms with Gasteiger partial charge in [0.15, 0.2) is 5.82 Å². The van der Waals surface area contributed by atoms with Crippen LogP contribution in [-0.2, 0) is 17.8 Å². The average Bonchev–Trinajstić information content (AvgIpc) is 3.03. The molecule has 0 saturated heterocycles. The maximum atomic E-state index is 12.8. The van der Waals surface area contributed by atoms with Gasteiger partial charge in [-0.15, -0.1) is 0 Å². The number of aryl methyl sites for hydroxylation is 1. The molecule has 0 bridgehead atoms. The van der Waals surface area contributed by atoms with Crippen LogP contribution in [0.3, 0.4) is 0 Å². The highest BCUT2D eigenvalue weighted by Gasteiger charge is 2.12. The van der Waals surface area contributed by atoms with Crippen LogP contribution >= 0.6 is 0 Å². The lowest BCUT2D eigenvalue weighted by molar-refractivity contribution is -0.120. The molecule has 5 nitrogen and oxygen atoms in total. The Morgan fingerprint density at radius 3 is 2.75 bits per heavy atom. The summed E-state index contributed by atoms with van der Waals surface area (Å²) in [5, 5.41) is 6.57. The molecule has 0 unspecified atom stereocenters. The van der Waals surface area contributed by atoms with E-state index in [-0.39, 0.29) is 18.1 Å². The van der Waals surface area contributed by atoms with Crippen molar-refractivity contribution in [3.63, 3.8) is 0 Å². The van der Waals surface area contributed by atoms with Gasteiger partial charge in [0, 0.05) is 12.1 Å². The number of rotatable bonds is 5. The fourth-order valence-corrected chi connectivity index (χ4v) is 2.23. The number of amides is 1. The summed E-state index contributed by atoms with van der Waals surface area (Å²) in [6.45, 7) is 2.30. The maximum Gasteiger partial charge on any atom is 0.257 e. The zero-order chi connectivity index (χ0) is 16.9. The fourth-order valence-electron chi connectivity index (χ4n) is 2.23. The molecule has 3 aromatic rings. The van der Waals surface area contributed by atoms with Crippen LogP contribution in [0.25, 0.3) is 11.5 Å². The topological polar surface area (TPSA) is 68.0 Å². The molecular formula is C18H16FN3O2. The van der Waals surface area contributed by atoms with E-state index < -0.39 is 0 Å². The van der Waals surface area contributed by atoms with Crippen LogP contribution < -0.4 is 5.32 Å². The number of aromatic nitrogens is 2. The van der Waals surface area contributed by atoms with Gasteiger partial charge in [-0.05, 0) is 36.8 Å². The first-order valence-corrected chi connectivity index (χ1v) is 7.51. The number of carbonyl (C=O) groups excluding carboxylic acids is 1. The second kappa shape index (κ2) is 7.04. The number of benzene rings is 2. The molecule has 0 aliphatic heterocycles. The molecule has 1 heterocycles. The highest BCUT2D eigenvalue weighted by atomic mass is 19.1. The Bertz CT molecular complexity index is 843. The molecule has 0 fully saturated rings. The van der Waals surface area contributed by atoms with E-state index in [1.165, 1.54) is 12.1 Å². The summed E-state index contributed by atoms with van der Waals surface area (Å²) in [5.41, 5.74) is 2.73. The molecule has 1 aromatic heterocycles. The molecular weight excluding hydrogens is 309 g/mol. The third-order valence-electron chi connectivity index (χ3n) is 3.45. The maximum absolute atomic E-state index is 12.8. The van der Waals surface area contributed by atoms with Gasteiger partial charge in [0.2, 0.25) is 5.91 Å². The smallest absolute Gasteiger partial charge is 0.257 e. The average molecular weight is 325 g/mol. The first-order chi connectivity index (χ1) is 11.6. The van der Waals surface area contributed by atoms with Crippen molar-refractivity contribution < 1.29 is 13.7 Å². The van der Waals surface area contributed by atoms with Crippen LogP contribution in [0.15, 0.2) is 53.1 Å². The summed E-state index contributed by atoms with van der Waals surface area (Å²) in [7, 11) is 0. The van der Waals surface area contributed by atoms with Crippen LogP contribution in [0.4, 0.5) is 4.39 Å². The van der Waals surface area contributed by atoms with E-state index in [2.05, 4.69) is 15.5 Å². The third-order valence-corrected chi connectivity index (χ3v) is 3.45. The summed E-state index contributed by atoms with van der Waals surface area (Å²) in [4.78, 5) is 16.2. The van der Waals surface area contributed by atoms with Crippen LogP contribution in [0.1, 0.15) is 17.0 Å². The molecule has 24 heavy (non-hydrogen) atoms. The van der Waals surface area contributed by atoms with Crippen LogP contribution in [-0.4, -0.2) is 16.0 Å². The van der Waals surface area contributed by atoms with Gasteiger partial charge < -0.3 is 9.84 Å². The lowest BCUT2D eigenvalue weighted by Crippen LogP contribution is -2.25. The first-order valence-electron chi connectivity index (χ1n) is 7.51. The van der Waals surface area contributed by atoms with Gasteiger partial charge >= 0.3 is 0 Å². The van der Waals surface area contributed by atoms with Crippen LogP contribution in [0.2, 0.25) is 0 Å². The van der Waals surface area contributed by atoms with E-state index in [0.717, 1.165) is 16.7 Å². The van der Waals surface area contributed by atoms with Crippen LogP contribution in [0, 0.1) is 12.7 Å². The van der Waals surface area contributed by atoms with Crippen molar-refractivity contribution in [1.29, 1.82) is 0 Å². The number of carbonyl (C=O) groups is 1. The molecule has 0 radical (unpaired) electrons. The quantitative estimate of drug-likeness (QED) is 0.783. The van der Waals surface area contributed by atoms with Crippen molar-refractivity contribution in [1.82, 2.24) is 15.5 Å². The third kappa shape index (κ3) is 4.04. The Kier molecular flexibility index (Phi) is 4.65. The predicted octanol–water partition coefficient (Wildman–Crippen LogP) is 3.04.